The molecular formula is C17H26N2. The Labute approximate surface area is 118 Å². The molecule has 0 fully saturated rings. The van der Waals surface area contributed by atoms with Crippen molar-refractivity contribution >= 4 is 0 Å². The number of hydrogen-bond acceptors (Lipinski definition) is 2. The zero-order chi connectivity index (χ0) is 14.8. The third kappa shape index (κ3) is 3.58. The van der Waals surface area contributed by atoms with Gasteiger partial charge in [0.25, 0.3) is 0 Å². The third-order valence-corrected chi connectivity index (χ3v) is 3.80. The van der Waals surface area contributed by atoms with Crippen LogP contribution in [0.1, 0.15) is 50.3 Å². The maximum absolute atomic E-state index is 9.36. The standard InChI is InChI=1S/C17H26N2/c1-12-8-9-14(17(3,4)5)10-15(12)13(2)16(11-18)19(6)7/h8-10,13,16H,1-7H3. The number of hydrogen-bond donors (Lipinski definition) is 0. The number of nitrogens with zero attached hydrogens (tertiary/aromatic N) is 2. The Morgan fingerprint density at radius 3 is 2.21 bits per heavy atom. The van der Waals surface area contributed by atoms with Gasteiger partial charge in [-0.2, -0.15) is 5.26 Å². The van der Waals surface area contributed by atoms with Gasteiger partial charge in [-0.05, 0) is 43.1 Å². The van der Waals surface area contributed by atoms with Gasteiger partial charge in [0, 0.05) is 5.92 Å². The molecule has 0 spiro atoms. The second kappa shape index (κ2) is 5.75. The van der Waals surface area contributed by atoms with E-state index in [1.165, 1.54) is 16.7 Å². The second-order valence-corrected chi connectivity index (χ2v) is 6.65. The van der Waals surface area contributed by atoms with Gasteiger partial charge < -0.3 is 0 Å². The van der Waals surface area contributed by atoms with Gasteiger partial charge in [0.2, 0.25) is 0 Å². The average Bonchev–Trinajstić information content (AvgIpc) is 2.28. The monoisotopic (exact) mass is 258 g/mol. The maximum atomic E-state index is 9.36. The molecule has 0 aliphatic heterocycles. The third-order valence-electron chi connectivity index (χ3n) is 3.80. The van der Waals surface area contributed by atoms with Crippen molar-refractivity contribution in [3.63, 3.8) is 0 Å². The fourth-order valence-electron chi connectivity index (χ4n) is 2.44. The van der Waals surface area contributed by atoms with E-state index >= 15 is 0 Å². The average molecular weight is 258 g/mol. The molecule has 1 rings (SSSR count). The van der Waals surface area contributed by atoms with E-state index in [2.05, 4.69) is 58.9 Å². The maximum Gasteiger partial charge on any atom is 0.104 e. The molecule has 0 radical (unpaired) electrons. The summed E-state index contributed by atoms with van der Waals surface area (Å²) < 4.78 is 0. The Balaban J connectivity index is 3.23. The quantitative estimate of drug-likeness (QED) is 0.823. The lowest BCUT2D eigenvalue weighted by molar-refractivity contribution is 0.316. The minimum absolute atomic E-state index is 0.0890. The van der Waals surface area contributed by atoms with Crippen LogP contribution < -0.4 is 0 Å². The van der Waals surface area contributed by atoms with Crippen LogP contribution in [0.5, 0.6) is 0 Å². The van der Waals surface area contributed by atoms with E-state index in [1.807, 2.05) is 19.0 Å². The molecule has 2 heteroatoms. The first-order valence-corrected chi connectivity index (χ1v) is 6.85. The highest BCUT2D eigenvalue weighted by molar-refractivity contribution is 5.38. The summed E-state index contributed by atoms with van der Waals surface area (Å²) in [7, 11) is 3.93. The summed E-state index contributed by atoms with van der Waals surface area (Å²) in [6.45, 7) is 10.9. The molecule has 1 aromatic rings. The molecular weight excluding hydrogens is 232 g/mol. The van der Waals surface area contributed by atoms with Crippen LogP contribution in [0, 0.1) is 18.3 Å². The van der Waals surface area contributed by atoms with Crippen molar-refractivity contribution in [2.45, 2.75) is 52.0 Å². The normalized spacial score (nSPS) is 15.1. The highest BCUT2D eigenvalue weighted by Gasteiger charge is 2.23. The van der Waals surface area contributed by atoms with Crippen molar-refractivity contribution in [1.29, 1.82) is 5.26 Å². The summed E-state index contributed by atoms with van der Waals surface area (Å²) in [5, 5.41) is 9.36. The highest BCUT2D eigenvalue weighted by Crippen LogP contribution is 2.30. The summed E-state index contributed by atoms with van der Waals surface area (Å²) >= 11 is 0. The van der Waals surface area contributed by atoms with E-state index in [9.17, 15) is 5.26 Å². The van der Waals surface area contributed by atoms with Crippen LogP contribution in [0.4, 0.5) is 0 Å². The van der Waals surface area contributed by atoms with Gasteiger partial charge in [0.05, 0.1) is 6.07 Å². The van der Waals surface area contributed by atoms with Crippen molar-refractivity contribution in [1.82, 2.24) is 4.90 Å². The number of rotatable bonds is 3. The Hall–Kier alpha value is -1.33. The van der Waals surface area contributed by atoms with Crippen molar-refractivity contribution in [3.8, 4) is 6.07 Å². The van der Waals surface area contributed by atoms with E-state index in [0.717, 1.165) is 0 Å². The van der Waals surface area contributed by atoms with Crippen LogP contribution in [0.2, 0.25) is 0 Å². The summed E-state index contributed by atoms with van der Waals surface area (Å²) in [4.78, 5) is 1.99. The molecule has 2 nitrogen and oxygen atoms in total. The predicted molar refractivity (Wildman–Crippen MR) is 81.4 cm³/mol. The Morgan fingerprint density at radius 1 is 1.21 bits per heavy atom. The molecule has 1 aromatic carbocycles. The fourth-order valence-corrected chi connectivity index (χ4v) is 2.44. The van der Waals surface area contributed by atoms with E-state index < -0.39 is 0 Å². The molecule has 0 saturated carbocycles. The Kier molecular flexibility index (Phi) is 4.76. The molecule has 2 atom stereocenters. The lowest BCUT2D eigenvalue weighted by atomic mass is 9.82. The molecule has 0 aromatic heterocycles. The highest BCUT2D eigenvalue weighted by atomic mass is 15.1. The molecule has 2 unspecified atom stereocenters. The van der Waals surface area contributed by atoms with Crippen molar-refractivity contribution < 1.29 is 0 Å². The number of nitriles is 1. The van der Waals surface area contributed by atoms with Crippen LogP contribution >= 0.6 is 0 Å². The first kappa shape index (κ1) is 15.7. The van der Waals surface area contributed by atoms with Crippen LogP contribution in [0.25, 0.3) is 0 Å². The van der Waals surface area contributed by atoms with E-state index in [-0.39, 0.29) is 17.4 Å². The van der Waals surface area contributed by atoms with Crippen molar-refractivity contribution in [3.05, 3.63) is 34.9 Å². The SMILES string of the molecule is Cc1ccc(C(C)(C)C)cc1C(C)C(C#N)N(C)C. The van der Waals surface area contributed by atoms with Crippen LogP contribution in [0.15, 0.2) is 18.2 Å². The van der Waals surface area contributed by atoms with E-state index in [4.69, 9.17) is 0 Å². The molecule has 0 N–H and O–H groups in total. The zero-order valence-electron chi connectivity index (χ0n) is 13.3. The van der Waals surface area contributed by atoms with Gasteiger partial charge in [-0.25, -0.2) is 0 Å². The number of benzene rings is 1. The molecule has 0 heterocycles. The van der Waals surface area contributed by atoms with Crippen molar-refractivity contribution in [2.24, 2.45) is 0 Å². The largest absolute Gasteiger partial charge is 0.294 e. The lowest BCUT2D eigenvalue weighted by Gasteiger charge is -2.27. The van der Waals surface area contributed by atoms with E-state index in [0.29, 0.717) is 0 Å². The summed E-state index contributed by atoms with van der Waals surface area (Å²) in [5.74, 6) is 0.210. The summed E-state index contributed by atoms with van der Waals surface area (Å²) in [6.07, 6.45) is 0. The molecule has 19 heavy (non-hydrogen) atoms. The van der Waals surface area contributed by atoms with Crippen LogP contribution in [0.3, 0.4) is 0 Å². The molecule has 104 valence electrons. The van der Waals surface area contributed by atoms with Crippen LogP contribution in [-0.4, -0.2) is 25.0 Å². The van der Waals surface area contributed by atoms with Gasteiger partial charge in [-0.15, -0.1) is 0 Å². The molecule has 0 aliphatic carbocycles. The van der Waals surface area contributed by atoms with Gasteiger partial charge in [0.15, 0.2) is 0 Å². The first-order valence-electron chi connectivity index (χ1n) is 6.85. The second-order valence-electron chi connectivity index (χ2n) is 6.65. The molecule has 0 bridgehead atoms. The Morgan fingerprint density at radius 2 is 1.79 bits per heavy atom. The Bertz CT molecular complexity index is 475. The number of aryl methyl sites for hydroxylation is 1. The number of likely N-dealkylation sites (N-methyl/N-ethyl adjacent to an activating group) is 1. The minimum Gasteiger partial charge on any atom is -0.294 e. The van der Waals surface area contributed by atoms with E-state index in [1.54, 1.807) is 0 Å². The predicted octanol–water partition coefficient (Wildman–Crippen LogP) is 3.85. The van der Waals surface area contributed by atoms with Gasteiger partial charge in [-0.3, -0.25) is 4.90 Å². The minimum atomic E-state index is -0.0890. The fraction of sp³-hybridized carbons (Fsp3) is 0.588. The molecule has 0 saturated heterocycles. The summed E-state index contributed by atoms with van der Waals surface area (Å²) in [5.41, 5.74) is 4.02. The van der Waals surface area contributed by atoms with Gasteiger partial charge in [0.1, 0.15) is 6.04 Å². The lowest BCUT2D eigenvalue weighted by Crippen LogP contribution is -2.31. The first-order chi connectivity index (χ1) is 8.68. The van der Waals surface area contributed by atoms with Gasteiger partial charge in [-0.1, -0.05) is 45.9 Å². The van der Waals surface area contributed by atoms with Crippen molar-refractivity contribution in [2.75, 3.05) is 14.1 Å². The topological polar surface area (TPSA) is 27.0 Å². The molecule has 0 aliphatic rings. The molecule has 0 amide bonds. The smallest absolute Gasteiger partial charge is 0.104 e. The zero-order valence-corrected chi connectivity index (χ0v) is 13.3. The van der Waals surface area contributed by atoms with Gasteiger partial charge >= 0.3 is 0 Å². The summed E-state index contributed by atoms with van der Waals surface area (Å²) in [6, 6.07) is 8.97. The van der Waals surface area contributed by atoms with Crippen LogP contribution in [-0.2, 0) is 5.41 Å².